The number of aromatic carboxylic acids is 1. The number of nitrogens with one attached hydrogen (secondary N) is 2. The number of rotatable bonds is 10. The Hall–Kier alpha value is -4.33. The number of carbonyl (C=O) groups is 3. The van der Waals surface area contributed by atoms with Crippen molar-refractivity contribution in [2.75, 3.05) is 11.9 Å². The van der Waals surface area contributed by atoms with E-state index in [0.29, 0.717) is 23.7 Å². The Morgan fingerprint density at radius 3 is 2.48 bits per heavy atom. The van der Waals surface area contributed by atoms with Crippen LogP contribution in [0.1, 0.15) is 46.2 Å². The number of benzene rings is 2. The molecule has 33 heavy (non-hydrogen) atoms. The fourth-order valence-corrected chi connectivity index (χ4v) is 2.83. The molecule has 0 aliphatic rings. The Bertz CT molecular complexity index is 1130. The van der Waals surface area contributed by atoms with Gasteiger partial charge in [-0.05, 0) is 61.0 Å². The minimum atomic E-state index is -1.12. The molecule has 0 bridgehead atoms. The second-order valence-electron chi connectivity index (χ2n) is 7.09. The van der Waals surface area contributed by atoms with E-state index in [2.05, 4.69) is 17.6 Å². The van der Waals surface area contributed by atoms with Gasteiger partial charge in [0.15, 0.2) is 0 Å². The molecule has 8 nitrogen and oxygen atoms in total. The maximum Gasteiger partial charge on any atom is 0.335 e. The molecule has 170 valence electrons. The summed E-state index contributed by atoms with van der Waals surface area (Å²) in [5.41, 5.74) is 0.561. The van der Waals surface area contributed by atoms with Crippen molar-refractivity contribution in [3.63, 3.8) is 0 Å². The van der Waals surface area contributed by atoms with Crippen LogP contribution in [-0.4, -0.2) is 29.5 Å². The van der Waals surface area contributed by atoms with E-state index in [4.69, 9.17) is 14.3 Å². The summed E-state index contributed by atoms with van der Waals surface area (Å²) in [4.78, 5) is 36.8. The van der Waals surface area contributed by atoms with Crippen molar-refractivity contribution in [2.45, 2.75) is 19.8 Å². The van der Waals surface area contributed by atoms with Crippen LogP contribution in [0.15, 0.2) is 77.0 Å². The van der Waals surface area contributed by atoms with Crippen LogP contribution in [0, 0.1) is 0 Å². The van der Waals surface area contributed by atoms with Crippen molar-refractivity contribution in [1.29, 1.82) is 0 Å². The summed E-state index contributed by atoms with van der Waals surface area (Å²) in [7, 11) is 0. The second kappa shape index (κ2) is 11.3. The van der Waals surface area contributed by atoms with E-state index in [1.807, 2.05) is 0 Å². The van der Waals surface area contributed by atoms with Gasteiger partial charge in [0.25, 0.3) is 11.8 Å². The lowest BCUT2D eigenvalue weighted by Crippen LogP contribution is -2.30. The molecular weight excluding hydrogens is 424 g/mol. The van der Waals surface area contributed by atoms with Gasteiger partial charge in [0.2, 0.25) is 0 Å². The van der Waals surface area contributed by atoms with E-state index < -0.39 is 17.8 Å². The van der Waals surface area contributed by atoms with E-state index in [1.54, 1.807) is 42.5 Å². The van der Waals surface area contributed by atoms with Crippen LogP contribution in [0.3, 0.4) is 0 Å². The van der Waals surface area contributed by atoms with E-state index in [0.717, 1.165) is 12.8 Å². The third kappa shape index (κ3) is 6.83. The number of carbonyl (C=O) groups excluding carboxylic acids is 2. The number of anilines is 1. The smallest absolute Gasteiger partial charge is 0.335 e. The van der Waals surface area contributed by atoms with Crippen LogP contribution in [0.4, 0.5) is 5.69 Å². The summed E-state index contributed by atoms with van der Waals surface area (Å²) >= 11 is 0. The summed E-state index contributed by atoms with van der Waals surface area (Å²) in [6.45, 7) is 2.67. The summed E-state index contributed by atoms with van der Waals surface area (Å²) in [6.07, 6.45) is 4.79. The molecular formula is C25H24N2O6. The molecule has 3 aromatic rings. The minimum absolute atomic E-state index is 0.0228. The Morgan fingerprint density at radius 2 is 1.82 bits per heavy atom. The topological polar surface area (TPSA) is 118 Å². The molecule has 0 spiro atoms. The zero-order chi connectivity index (χ0) is 23.6. The number of amides is 2. The van der Waals surface area contributed by atoms with Gasteiger partial charge in [0, 0.05) is 17.3 Å². The normalized spacial score (nSPS) is 11.0. The maximum atomic E-state index is 12.9. The second-order valence-corrected chi connectivity index (χ2v) is 7.09. The van der Waals surface area contributed by atoms with Gasteiger partial charge in [-0.25, -0.2) is 4.79 Å². The average molecular weight is 448 g/mol. The predicted molar refractivity (Wildman–Crippen MR) is 123 cm³/mol. The molecule has 3 N–H and O–H groups in total. The molecule has 0 unspecified atom stereocenters. The average Bonchev–Trinajstić information content (AvgIpc) is 3.32. The molecule has 1 aromatic heterocycles. The van der Waals surface area contributed by atoms with Crippen molar-refractivity contribution in [2.24, 2.45) is 0 Å². The monoisotopic (exact) mass is 448 g/mol. The molecule has 0 atom stereocenters. The first-order valence-electron chi connectivity index (χ1n) is 10.4. The van der Waals surface area contributed by atoms with Gasteiger partial charge in [-0.3, -0.25) is 9.59 Å². The maximum absolute atomic E-state index is 12.9. The molecule has 0 fully saturated rings. The third-order valence-corrected chi connectivity index (χ3v) is 4.57. The zero-order valence-corrected chi connectivity index (χ0v) is 18.0. The fraction of sp³-hybridized carbons (Fsp3) is 0.160. The van der Waals surface area contributed by atoms with Crippen molar-refractivity contribution < 1.29 is 28.6 Å². The lowest BCUT2D eigenvalue weighted by Gasteiger charge is -2.12. The summed E-state index contributed by atoms with van der Waals surface area (Å²) in [5, 5.41) is 14.3. The molecule has 3 rings (SSSR count). The molecule has 0 saturated carbocycles. The van der Waals surface area contributed by atoms with E-state index >= 15 is 0 Å². The van der Waals surface area contributed by atoms with Crippen LogP contribution in [0.2, 0.25) is 0 Å². The van der Waals surface area contributed by atoms with Crippen molar-refractivity contribution in [3.05, 3.63) is 89.5 Å². The van der Waals surface area contributed by atoms with E-state index in [1.165, 1.54) is 30.5 Å². The van der Waals surface area contributed by atoms with Crippen LogP contribution in [0.5, 0.6) is 5.75 Å². The zero-order valence-electron chi connectivity index (χ0n) is 18.0. The highest BCUT2D eigenvalue weighted by Gasteiger charge is 2.16. The lowest BCUT2D eigenvalue weighted by molar-refractivity contribution is -0.113. The third-order valence-electron chi connectivity index (χ3n) is 4.57. The molecule has 2 amide bonds. The minimum Gasteiger partial charge on any atom is -0.494 e. The first-order valence-corrected chi connectivity index (χ1v) is 10.4. The molecule has 0 radical (unpaired) electrons. The summed E-state index contributed by atoms with van der Waals surface area (Å²) in [5.74, 6) is -1.24. The number of hydrogen-bond donors (Lipinski definition) is 3. The first-order chi connectivity index (χ1) is 16.0. The van der Waals surface area contributed by atoms with Crippen LogP contribution in [-0.2, 0) is 4.79 Å². The number of carboxylic acids is 1. The predicted octanol–water partition coefficient (Wildman–Crippen LogP) is 4.57. The highest BCUT2D eigenvalue weighted by molar-refractivity contribution is 6.10. The van der Waals surface area contributed by atoms with Gasteiger partial charge in [0.05, 0.1) is 18.4 Å². The number of carboxylic acid groups (broad SMARTS) is 1. The first kappa shape index (κ1) is 23.3. The van der Waals surface area contributed by atoms with Crippen molar-refractivity contribution in [3.8, 4) is 5.75 Å². The highest BCUT2D eigenvalue weighted by atomic mass is 16.5. The van der Waals surface area contributed by atoms with Gasteiger partial charge in [0.1, 0.15) is 17.2 Å². The fourth-order valence-electron chi connectivity index (χ4n) is 2.83. The lowest BCUT2D eigenvalue weighted by atomic mass is 10.2. The molecule has 0 saturated heterocycles. The van der Waals surface area contributed by atoms with Crippen molar-refractivity contribution >= 4 is 29.5 Å². The van der Waals surface area contributed by atoms with Gasteiger partial charge < -0.3 is 24.9 Å². The van der Waals surface area contributed by atoms with E-state index in [9.17, 15) is 14.4 Å². The van der Waals surface area contributed by atoms with Crippen LogP contribution in [0.25, 0.3) is 6.08 Å². The van der Waals surface area contributed by atoms with Crippen LogP contribution >= 0.6 is 0 Å². The SMILES string of the molecule is CCCCOc1ccc(C(=O)N/C(=C/c2ccco2)C(=O)Nc2cccc(C(=O)O)c2)cc1. The van der Waals surface area contributed by atoms with Gasteiger partial charge in [-0.15, -0.1) is 0 Å². The quantitative estimate of drug-likeness (QED) is 0.309. The molecule has 1 heterocycles. The Labute approximate surface area is 190 Å². The molecule has 0 aliphatic heterocycles. The summed E-state index contributed by atoms with van der Waals surface area (Å²) < 4.78 is 10.9. The van der Waals surface area contributed by atoms with Crippen molar-refractivity contribution in [1.82, 2.24) is 5.32 Å². The standard InChI is InChI=1S/C25H24N2O6/c1-2-3-13-32-20-11-9-17(10-12-20)23(28)27-22(16-21-8-5-14-33-21)24(29)26-19-7-4-6-18(15-19)25(30)31/h4-12,14-16H,2-3,13H2,1H3,(H,26,29)(H,27,28)(H,30,31)/b22-16+. The number of unbranched alkanes of at least 4 members (excludes halogenated alkanes) is 1. The molecule has 8 heteroatoms. The Morgan fingerprint density at radius 1 is 1.03 bits per heavy atom. The van der Waals surface area contributed by atoms with Crippen LogP contribution < -0.4 is 15.4 Å². The van der Waals surface area contributed by atoms with Gasteiger partial charge in [-0.1, -0.05) is 19.4 Å². The number of ether oxygens (including phenoxy) is 1. The number of hydrogen-bond acceptors (Lipinski definition) is 5. The largest absolute Gasteiger partial charge is 0.494 e. The van der Waals surface area contributed by atoms with Gasteiger partial charge >= 0.3 is 5.97 Å². The highest BCUT2D eigenvalue weighted by Crippen LogP contribution is 2.16. The summed E-state index contributed by atoms with van der Waals surface area (Å²) in [6, 6.07) is 15.7. The Kier molecular flexibility index (Phi) is 8.02. The van der Waals surface area contributed by atoms with Gasteiger partial charge in [-0.2, -0.15) is 0 Å². The Balaban J connectivity index is 1.76. The molecule has 0 aliphatic carbocycles. The molecule has 2 aromatic carbocycles. The number of furan rings is 1. The van der Waals surface area contributed by atoms with E-state index in [-0.39, 0.29) is 16.9 Å².